The van der Waals surface area contributed by atoms with E-state index in [2.05, 4.69) is 0 Å². The maximum atomic E-state index is 10.3. The smallest absolute Gasteiger partial charge is 0.346 e. The Bertz CT molecular complexity index is 264. The van der Waals surface area contributed by atoms with Gasteiger partial charge in [0, 0.05) is 10.9 Å². The lowest BCUT2D eigenvalue weighted by Gasteiger charge is -1.89. The maximum Gasteiger partial charge on any atom is 0.346 e. The van der Waals surface area contributed by atoms with Crippen LogP contribution in [0.3, 0.4) is 0 Å². The molecule has 0 fully saturated rings. The van der Waals surface area contributed by atoms with Gasteiger partial charge in [0.25, 0.3) is 0 Å². The summed E-state index contributed by atoms with van der Waals surface area (Å²) in [7, 11) is 0. The molecule has 4 heteroatoms. The Morgan fingerprint density at radius 2 is 2.30 bits per heavy atom. The molecule has 0 bridgehead atoms. The fourth-order valence-electron chi connectivity index (χ4n) is 0.619. The quantitative estimate of drug-likeness (QED) is 0.650. The first-order chi connectivity index (χ1) is 4.63. The van der Waals surface area contributed by atoms with Gasteiger partial charge in [-0.05, 0) is 6.92 Å². The third-order valence-electron chi connectivity index (χ3n) is 1.21. The van der Waals surface area contributed by atoms with Crippen LogP contribution in [0.25, 0.3) is 0 Å². The molecule has 0 saturated heterocycles. The minimum absolute atomic E-state index is 0.0578. The van der Waals surface area contributed by atoms with Crippen molar-refractivity contribution in [3.8, 4) is 5.75 Å². The van der Waals surface area contributed by atoms with E-state index in [1.54, 1.807) is 6.92 Å². The number of rotatable bonds is 1. The van der Waals surface area contributed by atoms with Crippen molar-refractivity contribution >= 4 is 17.3 Å². The lowest BCUT2D eigenvalue weighted by Crippen LogP contribution is -1.93. The van der Waals surface area contributed by atoms with Gasteiger partial charge in [0.1, 0.15) is 10.6 Å². The first kappa shape index (κ1) is 7.08. The van der Waals surface area contributed by atoms with Crippen LogP contribution < -0.4 is 0 Å². The van der Waals surface area contributed by atoms with Crippen LogP contribution in [0.2, 0.25) is 0 Å². The molecule has 0 radical (unpaired) electrons. The minimum atomic E-state index is -0.984. The van der Waals surface area contributed by atoms with Crippen LogP contribution in [0.4, 0.5) is 0 Å². The summed E-state index contributed by atoms with van der Waals surface area (Å²) in [6.45, 7) is 1.58. The zero-order valence-electron chi connectivity index (χ0n) is 5.29. The highest BCUT2D eigenvalue weighted by Crippen LogP contribution is 2.26. The Labute approximate surface area is 61.6 Å². The fraction of sp³-hybridized carbons (Fsp3) is 0.167. The van der Waals surface area contributed by atoms with E-state index in [4.69, 9.17) is 10.2 Å². The molecule has 0 aromatic carbocycles. The van der Waals surface area contributed by atoms with Crippen LogP contribution in [-0.2, 0) is 0 Å². The van der Waals surface area contributed by atoms with Crippen molar-refractivity contribution in [1.82, 2.24) is 0 Å². The summed E-state index contributed by atoms with van der Waals surface area (Å²) >= 11 is 1.03. The Balaban J connectivity index is 3.17. The van der Waals surface area contributed by atoms with E-state index < -0.39 is 5.97 Å². The number of carboxylic acid groups (broad SMARTS) is 1. The summed E-state index contributed by atoms with van der Waals surface area (Å²) in [5.74, 6) is -0.926. The van der Waals surface area contributed by atoms with E-state index >= 15 is 0 Å². The molecule has 54 valence electrons. The van der Waals surface area contributed by atoms with Gasteiger partial charge in [0.2, 0.25) is 0 Å². The number of aromatic carboxylic acids is 1. The number of thiophene rings is 1. The second-order valence-corrected chi connectivity index (χ2v) is 2.76. The topological polar surface area (TPSA) is 57.5 Å². The van der Waals surface area contributed by atoms with Gasteiger partial charge >= 0.3 is 5.97 Å². The van der Waals surface area contributed by atoms with Crippen LogP contribution in [0.5, 0.6) is 5.75 Å². The van der Waals surface area contributed by atoms with Crippen LogP contribution in [0.1, 0.15) is 15.2 Å². The van der Waals surface area contributed by atoms with Gasteiger partial charge in [-0.2, -0.15) is 0 Å². The van der Waals surface area contributed by atoms with E-state index in [1.807, 2.05) is 0 Å². The minimum Gasteiger partial charge on any atom is -0.507 e. The standard InChI is InChI=1S/C6H6O3S/c1-3-4(7)2-10-5(3)6(8)9/h2,7H,1H3,(H,8,9). The second-order valence-electron chi connectivity index (χ2n) is 1.88. The van der Waals surface area contributed by atoms with Crippen LogP contribution in [-0.4, -0.2) is 16.2 Å². The molecule has 2 N–H and O–H groups in total. The molecule has 0 aliphatic carbocycles. The molecule has 0 unspecified atom stereocenters. The average Bonchev–Trinajstić information content (AvgIpc) is 2.14. The van der Waals surface area contributed by atoms with Gasteiger partial charge in [-0.3, -0.25) is 0 Å². The van der Waals surface area contributed by atoms with Crippen molar-refractivity contribution in [2.45, 2.75) is 6.92 Å². The van der Waals surface area contributed by atoms with Crippen LogP contribution in [0, 0.1) is 6.92 Å². The van der Waals surface area contributed by atoms with E-state index in [9.17, 15) is 4.79 Å². The van der Waals surface area contributed by atoms with Gasteiger partial charge in [0.15, 0.2) is 0 Å². The normalized spacial score (nSPS) is 9.70. The molecule has 0 saturated carbocycles. The lowest BCUT2D eigenvalue weighted by molar-refractivity contribution is 0.0701. The van der Waals surface area contributed by atoms with Gasteiger partial charge in [-0.15, -0.1) is 11.3 Å². The first-order valence-corrected chi connectivity index (χ1v) is 3.51. The van der Waals surface area contributed by atoms with Gasteiger partial charge in [0.05, 0.1) is 0 Å². The molecule has 10 heavy (non-hydrogen) atoms. The average molecular weight is 158 g/mol. The van der Waals surface area contributed by atoms with E-state index in [-0.39, 0.29) is 10.6 Å². The third-order valence-corrected chi connectivity index (χ3v) is 2.27. The molecule has 0 atom stereocenters. The van der Waals surface area contributed by atoms with Crippen LogP contribution >= 0.6 is 11.3 Å². The molecule has 0 aliphatic rings. The van der Waals surface area contributed by atoms with Gasteiger partial charge in [-0.1, -0.05) is 0 Å². The summed E-state index contributed by atoms with van der Waals surface area (Å²) in [6.07, 6.45) is 0. The highest BCUT2D eigenvalue weighted by Gasteiger charge is 2.11. The summed E-state index contributed by atoms with van der Waals surface area (Å²) in [4.78, 5) is 10.5. The molecule has 1 aromatic rings. The molecule has 0 spiro atoms. The van der Waals surface area contributed by atoms with E-state index in [0.29, 0.717) is 5.56 Å². The zero-order valence-corrected chi connectivity index (χ0v) is 6.10. The van der Waals surface area contributed by atoms with Gasteiger partial charge < -0.3 is 10.2 Å². The number of carbonyl (C=O) groups is 1. The molecular formula is C6H6O3S. The highest BCUT2D eigenvalue weighted by molar-refractivity contribution is 7.12. The predicted octanol–water partition coefficient (Wildman–Crippen LogP) is 1.46. The number of hydrogen-bond donors (Lipinski definition) is 2. The van der Waals surface area contributed by atoms with E-state index in [1.165, 1.54) is 5.38 Å². The summed E-state index contributed by atoms with van der Waals surface area (Å²) in [6, 6.07) is 0. The Hall–Kier alpha value is -1.03. The largest absolute Gasteiger partial charge is 0.507 e. The predicted molar refractivity (Wildman–Crippen MR) is 37.7 cm³/mol. The van der Waals surface area contributed by atoms with Crippen molar-refractivity contribution in [2.75, 3.05) is 0 Å². The van der Waals surface area contributed by atoms with Crippen molar-refractivity contribution < 1.29 is 15.0 Å². The summed E-state index contributed by atoms with van der Waals surface area (Å²) in [5, 5.41) is 18.8. The molecule has 0 amide bonds. The maximum absolute atomic E-state index is 10.3. The van der Waals surface area contributed by atoms with Crippen molar-refractivity contribution in [1.29, 1.82) is 0 Å². The molecule has 1 heterocycles. The third kappa shape index (κ3) is 0.974. The SMILES string of the molecule is Cc1c(O)csc1C(=O)O. The fourth-order valence-corrected chi connectivity index (χ4v) is 1.41. The highest BCUT2D eigenvalue weighted by atomic mass is 32.1. The summed E-state index contributed by atoms with van der Waals surface area (Å²) in [5.41, 5.74) is 0.442. The van der Waals surface area contributed by atoms with Crippen molar-refractivity contribution in [3.05, 3.63) is 15.8 Å². The first-order valence-electron chi connectivity index (χ1n) is 2.63. The number of hydrogen-bond acceptors (Lipinski definition) is 3. The lowest BCUT2D eigenvalue weighted by atomic mass is 10.3. The zero-order chi connectivity index (χ0) is 7.72. The van der Waals surface area contributed by atoms with Crippen LogP contribution in [0.15, 0.2) is 5.38 Å². The van der Waals surface area contributed by atoms with E-state index in [0.717, 1.165) is 11.3 Å². The Morgan fingerprint density at radius 3 is 2.50 bits per heavy atom. The molecule has 1 rings (SSSR count). The number of carboxylic acids is 1. The monoisotopic (exact) mass is 158 g/mol. The second kappa shape index (κ2) is 2.30. The van der Waals surface area contributed by atoms with Gasteiger partial charge in [-0.25, -0.2) is 4.79 Å². The summed E-state index contributed by atoms with van der Waals surface area (Å²) < 4.78 is 0. The molecule has 3 nitrogen and oxygen atoms in total. The number of aromatic hydroxyl groups is 1. The molecule has 1 aromatic heterocycles. The molecular weight excluding hydrogens is 152 g/mol. The molecule has 0 aliphatic heterocycles. The Kier molecular flexibility index (Phi) is 1.63. The van der Waals surface area contributed by atoms with Crippen molar-refractivity contribution in [2.24, 2.45) is 0 Å². The van der Waals surface area contributed by atoms with Crippen molar-refractivity contribution in [3.63, 3.8) is 0 Å². The Morgan fingerprint density at radius 1 is 1.70 bits per heavy atom.